The Balaban J connectivity index is 1.61. The van der Waals surface area contributed by atoms with E-state index in [1.54, 1.807) is 6.08 Å². The standard InChI is InChI=1S/C20H19F2N5OS/c1-2-10-27-18(12-23-15-6-4-3-5-7-15)25-26-20(27)29-13-19(28)24-17-9-8-14(21)11-16(17)22/h2-9,11,23H,1,10,12-13H2,(H,24,28). The van der Waals surface area contributed by atoms with Gasteiger partial charge in [0.1, 0.15) is 11.6 Å². The SMILES string of the molecule is C=CCn1c(CNc2ccccc2)nnc1SCC(=O)Nc1ccc(F)cc1F. The molecular weight excluding hydrogens is 396 g/mol. The first kappa shape index (κ1) is 20.5. The van der Waals surface area contributed by atoms with Crippen LogP contribution in [0.5, 0.6) is 0 Å². The summed E-state index contributed by atoms with van der Waals surface area (Å²) in [6.07, 6.45) is 1.72. The number of hydrogen-bond acceptors (Lipinski definition) is 5. The van der Waals surface area contributed by atoms with Crippen molar-refractivity contribution in [2.75, 3.05) is 16.4 Å². The van der Waals surface area contributed by atoms with Crippen LogP contribution in [0, 0.1) is 11.6 Å². The fourth-order valence-corrected chi connectivity index (χ4v) is 3.28. The summed E-state index contributed by atoms with van der Waals surface area (Å²) < 4.78 is 28.5. The molecule has 2 N–H and O–H groups in total. The van der Waals surface area contributed by atoms with Crippen molar-refractivity contribution in [2.45, 2.75) is 18.2 Å². The summed E-state index contributed by atoms with van der Waals surface area (Å²) in [5.74, 6) is -1.27. The predicted octanol–water partition coefficient (Wildman–Crippen LogP) is 4.09. The molecule has 0 bridgehead atoms. The van der Waals surface area contributed by atoms with Crippen LogP contribution in [0.15, 0.2) is 66.3 Å². The Hall–Kier alpha value is -3.20. The number of carbonyl (C=O) groups excluding carboxylic acids is 1. The number of hydrogen-bond donors (Lipinski definition) is 2. The third-order valence-corrected chi connectivity index (χ3v) is 4.83. The zero-order chi connectivity index (χ0) is 20.6. The number of para-hydroxylation sites is 1. The Kier molecular flexibility index (Phi) is 6.96. The topological polar surface area (TPSA) is 71.8 Å². The van der Waals surface area contributed by atoms with Crippen molar-refractivity contribution in [1.82, 2.24) is 14.8 Å². The average molecular weight is 415 g/mol. The van der Waals surface area contributed by atoms with Crippen LogP contribution in [0.4, 0.5) is 20.2 Å². The van der Waals surface area contributed by atoms with Crippen molar-refractivity contribution in [2.24, 2.45) is 0 Å². The highest BCUT2D eigenvalue weighted by molar-refractivity contribution is 7.99. The van der Waals surface area contributed by atoms with Crippen LogP contribution in [0.25, 0.3) is 0 Å². The summed E-state index contributed by atoms with van der Waals surface area (Å²) in [5, 5.41) is 14.6. The highest BCUT2D eigenvalue weighted by atomic mass is 32.2. The lowest BCUT2D eigenvalue weighted by molar-refractivity contribution is -0.113. The van der Waals surface area contributed by atoms with E-state index in [0.717, 1.165) is 17.8 Å². The van der Waals surface area contributed by atoms with Gasteiger partial charge in [0.05, 0.1) is 18.0 Å². The molecule has 0 saturated carbocycles. The molecule has 0 spiro atoms. The van der Waals surface area contributed by atoms with Crippen molar-refractivity contribution in [3.05, 3.63) is 78.6 Å². The summed E-state index contributed by atoms with van der Waals surface area (Å²) in [6.45, 7) is 4.68. The van der Waals surface area contributed by atoms with Crippen LogP contribution in [0.2, 0.25) is 0 Å². The summed E-state index contributed by atoms with van der Waals surface area (Å²) in [5.41, 5.74) is 0.882. The molecule has 0 saturated heterocycles. The smallest absolute Gasteiger partial charge is 0.234 e. The molecule has 1 heterocycles. The number of benzene rings is 2. The van der Waals surface area contributed by atoms with Crippen LogP contribution >= 0.6 is 11.8 Å². The number of halogens is 2. The number of nitrogens with zero attached hydrogens (tertiary/aromatic N) is 3. The van der Waals surface area contributed by atoms with E-state index in [4.69, 9.17) is 0 Å². The van der Waals surface area contributed by atoms with E-state index in [-0.39, 0.29) is 11.4 Å². The lowest BCUT2D eigenvalue weighted by Gasteiger charge is -2.10. The third kappa shape index (κ3) is 5.64. The summed E-state index contributed by atoms with van der Waals surface area (Å²) >= 11 is 1.17. The van der Waals surface area contributed by atoms with Crippen LogP contribution < -0.4 is 10.6 Å². The maximum Gasteiger partial charge on any atom is 0.234 e. The molecule has 1 aromatic heterocycles. The number of nitrogens with one attached hydrogen (secondary N) is 2. The van der Waals surface area contributed by atoms with Gasteiger partial charge in [-0.05, 0) is 24.3 Å². The first-order valence-electron chi connectivity index (χ1n) is 8.76. The zero-order valence-corrected chi connectivity index (χ0v) is 16.3. The molecule has 6 nitrogen and oxygen atoms in total. The number of aromatic nitrogens is 3. The summed E-state index contributed by atoms with van der Waals surface area (Å²) in [4.78, 5) is 12.1. The number of allylic oxidation sites excluding steroid dienone is 1. The maximum absolute atomic E-state index is 13.7. The highest BCUT2D eigenvalue weighted by Crippen LogP contribution is 2.20. The van der Waals surface area contributed by atoms with Gasteiger partial charge >= 0.3 is 0 Å². The minimum Gasteiger partial charge on any atom is -0.378 e. The molecule has 0 aliphatic carbocycles. The molecule has 0 fully saturated rings. The van der Waals surface area contributed by atoms with E-state index in [1.807, 2.05) is 34.9 Å². The molecule has 0 atom stereocenters. The Labute approximate surface area is 171 Å². The van der Waals surface area contributed by atoms with E-state index >= 15 is 0 Å². The number of rotatable bonds is 9. The molecule has 29 heavy (non-hydrogen) atoms. The molecule has 0 unspecified atom stereocenters. The van der Waals surface area contributed by atoms with E-state index in [2.05, 4.69) is 27.4 Å². The van der Waals surface area contributed by atoms with Gasteiger partial charge in [0, 0.05) is 18.3 Å². The quantitative estimate of drug-likeness (QED) is 0.407. The second-order valence-corrected chi connectivity index (χ2v) is 6.92. The third-order valence-electron chi connectivity index (χ3n) is 3.87. The fourth-order valence-electron chi connectivity index (χ4n) is 2.51. The Morgan fingerprint density at radius 1 is 1.17 bits per heavy atom. The monoisotopic (exact) mass is 415 g/mol. The Morgan fingerprint density at radius 3 is 2.69 bits per heavy atom. The van der Waals surface area contributed by atoms with Crippen LogP contribution in [-0.4, -0.2) is 26.4 Å². The molecular formula is C20H19F2N5OS. The number of thioether (sulfide) groups is 1. The number of anilines is 2. The molecule has 2 aromatic carbocycles. The normalized spacial score (nSPS) is 10.6. The predicted molar refractivity (Wildman–Crippen MR) is 110 cm³/mol. The number of carbonyl (C=O) groups is 1. The van der Waals surface area contributed by atoms with Crippen molar-refractivity contribution < 1.29 is 13.6 Å². The van der Waals surface area contributed by atoms with Gasteiger partial charge in [-0.1, -0.05) is 36.0 Å². The van der Waals surface area contributed by atoms with Gasteiger partial charge in [0.25, 0.3) is 0 Å². The van der Waals surface area contributed by atoms with Crippen LogP contribution in [0.1, 0.15) is 5.82 Å². The van der Waals surface area contributed by atoms with Gasteiger partial charge in [-0.25, -0.2) is 8.78 Å². The van der Waals surface area contributed by atoms with Crippen molar-refractivity contribution in [3.63, 3.8) is 0 Å². The molecule has 3 aromatic rings. The minimum absolute atomic E-state index is 0.00178. The van der Waals surface area contributed by atoms with Gasteiger partial charge in [-0.15, -0.1) is 16.8 Å². The first-order chi connectivity index (χ1) is 14.1. The van der Waals surface area contributed by atoms with Crippen LogP contribution in [0.3, 0.4) is 0 Å². The number of amides is 1. The van der Waals surface area contributed by atoms with E-state index < -0.39 is 17.5 Å². The van der Waals surface area contributed by atoms with E-state index in [0.29, 0.717) is 24.1 Å². The van der Waals surface area contributed by atoms with Gasteiger partial charge < -0.3 is 15.2 Å². The average Bonchev–Trinajstić information content (AvgIpc) is 3.10. The lowest BCUT2D eigenvalue weighted by atomic mass is 10.3. The molecule has 0 radical (unpaired) electrons. The van der Waals surface area contributed by atoms with Gasteiger partial charge in [-0.3, -0.25) is 4.79 Å². The largest absolute Gasteiger partial charge is 0.378 e. The molecule has 9 heteroatoms. The molecule has 150 valence electrons. The molecule has 1 amide bonds. The second kappa shape index (κ2) is 9.83. The summed E-state index contributed by atoms with van der Waals surface area (Å²) in [7, 11) is 0. The van der Waals surface area contributed by atoms with E-state index in [9.17, 15) is 13.6 Å². The van der Waals surface area contributed by atoms with E-state index in [1.165, 1.54) is 17.8 Å². The maximum atomic E-state index is 13.7. The van der Waals surface area contributed by atoms with Crippen molar-refractivity contribution in [1.29, 1.82) is 0 Å². The van der Waals surface area contributed by atoms with Gasteiger partial charge in [0.2, 0.25) is 5.91 Å². The summed E-state index contributed by atoms with van der Waals surface area (Å²) in [6, 6.07) is 12.7. The van der Waals surface area contributed by atoms with Gasteiger partial charge in [0.15, 0.2) is 11.0 Å². The fraction of sp³-hybridized carbons (Fsp3) is 0.150. The highest BCUT2D eigenvalue weighted by Gasteiger charge is 2.14. The van der Waals surface area contributed by atoms with Gasteiger partial charge in [-0.2, -0.15) is 0 Å². The Bertz CT molecular complexity index is 994. The van der Waals surface area contributed by atoms with Crippen molar-refractivity contribution in [3.8, 4) is 0 Å². The Morgan fingerprint density at radius 2 is 1.97 bits per heavy atom. The first-order valence-corrected chi connectivity index (χ1v) is 9.75. The van der Waals surface area contributed by atoms with Crippen molar-refractivity contribution >= 4 is 29.0 Å². The molecule has 0 aliphatic rings. The zero-order valence-electron chi connectivity index (χ0n) is 15.4. The lowest BCUT2D eigenvalue weighted by Crippen LogP contribution is -2.16. The molecule has 3 rings (SSSR count). The molecule has 0 aliphatic heterocycles. The second-order valence-electron chi connectivity index (χ2n) is 5.98. The minimum atomic E-state index is -0.826. The van der Waals surface area contributed by atoms with Crippen LogP contribution in [-0.2, 0) is 17.9 Å².